The second kappa shape index (κ2) is 7.47. The third kappa shape index (κ3) is 4.61. The summed E-state index contributed by atoms with van der Waals surface area (Å²) in [6.45, 7) is 4.83. The molecule has 0 bridgehead atoms. The zero-order valence-corrected chi connectivity index (χ0v) is 13.9. The standard InChI is InChI=1S/C17H17ClO3S/c1-11(2)10-21-13-5-3-12(4-6-13)9-14(17(19)20)15-7-8-16(18)22-15/h3-9,11H,10H2,1-2H3,(H,19,20)/b14-9-. The summed E-state index contributed by atoms with van der Waals surface area (Å²) >= 11 is 7.12. The van der Waals surface area contributed by atoms with Gasteiger partial charge in [-0.05, 0) is 41.8 Å². The lowest BCUT2D eigenvalue weighted by atomic mass is 10.1. The van der Waals surface area contributed by atoms with Gasteiger partial charge in [0.15, 0.2) is 0 Å². The summed E-state index contributed by atoms with van der Waals surface area (Å²) in [6.07, 6.45) is 1.64. The van der Waals surface area contributed by atoms with E-state index in [0.717, 1.165) is 11.3 Å². The fourth-order valence-corrected chi connectivity index (χ4v) is 2.84. The van der Waals surface area contributed by atoms with E-state index in [9.17, 15) is 9.90 Å². The molecule has 3 nitrogen and oxygen atoms in total. The lowest BCUT2D eigenvalue weighted by Crippen LogP contribution is -2.04. The van der Waals surface area contributed by atoms with Crippen LogP contribution in [-0.2, 0) is 4.79 Å². The number of rotatable bonds is 6. The number of thiophene rings is 1. The van der Waals surface area contributed by atoms with E-state index >= 15 is 0 Å². The highest BCUT2D eigenvalue weighted by atomic mass is 35.5. The molecule has 0 atom stereocenters. The smallest absolute Gasteiger partial charge is 0.337 e. The van der Waals surface area contributed by atoms with Gasteiger partial charge in [-0.15, -0.1) is 11.3 Å². The van der Waals surface area contributed by atoms with Gasteiger partial charge in [-0.25, -0.2) is 4.79 Å². The van der Waals surface area contributed by atoms with Crippen LogP contribution in [0.1, 0.15) is 24.3 Å². The molecular weight excluding hydrogens is 320 g/mol. The highest BCUT2D eigenvalue weighted by molar-refractivity contribution is 7.17. The van der Waals surface area contributed by atoms with Crippen LogP contribution < -0.4 is 4.74 Å². The molecule has 1 aromatic carbocycles. The molecule has 2 rings (SSSR count). The molecule has 0 fully saturated rings. The van der Waals surface area contributed by atoms with Gasteiger partial charge in [0.25, 0.3) is 0 Å². The molecule has 1 N–H and O–H groups in total. The summed E-state index contributed by atoms with van der Waals surface area (Å²) in [5.41, 5.74) is 1.03. The third-order valence-electron chi connectivity index (χ3n) is 2.84. The van der Waals surface area contributed by atoms with Crippen molar-refractivity contribution < 1.29 is 14.6 Å². The molecule has 0 radical (unpaired) electrons. The van der Waals surface area contributed by atoms with Gasteiger partial charge < -0.3 is 9.84 Å². The fraction of sp³-hybridized carbons (Fsp3) is 0.235. The molecule has 0 amide bonds. The lowest BCUT2D eigenvalue weighted by molar-refractivity contribution is -0.130. The molecule has 0 spiro atoms. The molecule has 0 aliphatic carbocycles. The Kier molecular flexibility index (Phi) is 5.63. The molecule has 5 heteroatoms. The minimum atomic E-state index is -0.973. The molecule has 1 heterocycles. The van der Waals surface area contributed by atoms with Crippen molar-refractivity contribution in [2.45, 2.75) is 13.8 Å². The summed E-state index contributed by atoms with van der Waals surface area (Å²) < 4.78 is 6.18. The van der Waals surface area contributed by atoms with Crippen LogP contribution in [0.15, 0.2) is 36.4 Å². The number of ether oxygens (including phenoxy) is 1. The molecule has 0 saturated carbocycles. The molecule has 22 heavy (non-hydrogen) atoms. The molecule has 2 aromatic rings. The first-order valence-corrected chi connectivity index (χ1v) is 8.08. The molecule has 116 valence electrons. The molecule has 0 aliphatic heterocycles. The summed E-state index contributed by atoms with van der Waals surface area (Å²) in [7, 11) is 0. The van der Waals surface area contributed by atoms with Crippen molar-refractivity contribution in [1.82, 2.24) is 0 Å². The van der Waals surface area contributed by atoms with Crippen molar-refractivity contribution in [2.75, 3.05) is 6.61 Å². The Morgan fingerprint density at radius 1 is 1.27 bits per heavy atom. The Bertz CT molecular complexity index is 671. The van der Waals surface area contributed by atoms with Gasteiger partial charge in [-0.2, -0.15) is 0 Å². The van der Waals surface area contributed by atoms with Crippen LogP contribution >= 0.6 is 22.9 Å². The van der Waals surface area contributed by atoms with E-state index < -0.39 is 5.97 Å². The largest absolute Gasteiger partial charge is 0.493 e. The zero-order valence-electron chi connectivity index (χ0n) is 12.4. The number of aliphatic carboxylic acids is 1. The predicted molar refractivity (Wildman–Crippen MR) is 91.6 cm³/mol. The lowest BCUT2D eigenvalue weighted by Gasteiger charge is -2.08. The Labute approximate surface area is 138 Å². The van der Waals surface area contributed by atoms with Gasteiger partial charge in [-0.3, -0.25) is 0 Å². The van der Waals surface area contributed by atoms with Gasteiger partial charge >= 0.3 is 5.97 Å². The monoisotopic (exact) mass is 336 g/mol. The van der Waals surface area contributed by atoms with Gasteiger partial charge in [0.05, 0.1) is 16.5 Å². The van der Waals surface area contributed by atoms with Crippen LogP contribution in [0.2, 0.25) is 4.34 Å². The van der Waals surface area contributed by atoms with Crippen molar-refractivity contribution in [3.63, 3.8) is 0 Å². The average Bonchev–Trinajstić information content (AvgIpc) is 2.89. The van der Waals surface area contributed by atoms with E-state index in [2.05, 4.69) is 13.8 Å². The van der Waals surface area contributed by atoms with Crippen molar-refractivity contribution in [2.24, 2.45) is 5.92 Å². The highest BCUT2D eigenvalue weighted by Gasteiger charge is 2.12. The van der Waals surface area contributed by atoms with Crippen LogP contribution in [-0.4, -0.2) is 17.7 Å². The summed E-state index contributed by atoms with van der Waals surface area (Å²) in [6, 6.07) is 10.8. The van der Waals surface area contributed by atoms with E-state index in [-0.39, 0.29) is 5.57 Å². The van der Waals surface area contributed by atoms with Crippen molar-refractivity contribution in [3.05, 3.63) is 51.2 Å². The maximum atomic E-state index is 11.4. The van der Waals surface area contributed by atoms with E-state index in [1.54, 1.807) is 18.2 Å². The maximum absolute atomic E-state index is 11.4. The summed E-state index contributed by atoms with van der Waals surface area (Å²) in [4.78, 5) is 12.1. The van der Waals surface area contributed by atoms with Crippen LogP contribution in [0, 0.1) is 5.92 Å². The van der Waals surface area contributed by atoms with E-state index in [1.165, 1.54) is 11.3 Å². The van der Waals surface area contributed by atoms with Gasteiger partial charge in [0.1, 0.15) is 5.75 Å². The van der Waals surface area contributed by atoms with Crippen molar-refractivity contribution in [3.8, 4) is 5.75 Å². The van der Waals surface area contributed by atoms with Gasteiger partial charge in [0.2, 0.25) is 0 Å². The second-order valence-corrected chi connectivity index (χ2v) is 6.96. The minimum Gasteiger partial charge on any atom is -0.493 e. The number of carboxylic acid groups (broad SMARTS) is 1. The van der Waals surface area contributed by atoms with Crippen LogP contribution in [0.5, 0.6) is 5.75 Å². The number of carbonyl (C=O) groups is 1. The third-order valence-corrected chi connectivity index (χ3v) is 4.11. The number of benzene rings is 1. The first-order chi connectivity index (χ1) is 10.5. The molecule has 0 aliphatic rings. The molecule has 0 unspecified atom stereocenters. The van der Waals surface area contributed by atoms with Gasteiger partial charge in [-0.1, -0.05) is 37.6 Å². The van der Waals surface area contributed by atoms with Crippen molar-refractivity contribution >= 4 is 40.6 Å². The fourth-order valence-electron chi connectivity index (χ4n) is 1.79. The first kappa shape index (κ1) is 16.6. The molecule has 1 aromatic heterocycles. The Balaban J connectivity index is 2.20. The van der Waals surface area contributed by atoms with Crippen LogP contribution in [0.4, 0.5) is 0 Å². The quantitative estimate of drug-likeness (QED) is 0.750. The SMILES string of the molecule is CC(C)COc1ccc(/C=C(\C(=O)O)c2ccc(Cl)s2)cc1. The Hall–Kier alpha value is -1.78. The van der Waals surface area contributed by atoms with Crippen LogP contribution in [0.25, 0.3) is 11.6 Å². The Morgan fingerprint density at radius 3 is 2.45 bits per heavy atom. The highest BCUT2D eigenvalue weighted by Crippen LogP contribution is 2.29. The van der Waals surface area contributed by atoms with E-state index in [0.29, 0.717) is 21.7 Å². The minimum absolute atomic E-state index is 0.229. The number of hydrogen-bond acceptors (Lipinski definition) is 3. The average molecular weight is 337 g/mol. The number of halogens is 1. The number of carboxylic acids is 1. The zero-order chi connectivity index (χ0) is 16.1. The van der Waals surface area contributed by atoms with Gasteiger partial charge in [0, 0.05) is 4.88 Å². The molecule has 0 saturated heterocycles. The van der Waals surface area contributed by atoms with E-state index in [1.807, 2.05) is 24.3 Å². The molecular formula is C17H17ClO3S. The van der Waals surface area contributed by atoms with Crippen LogP contribution in [0.3, 0.4) is 0 Å². The topological polar surface area (TPSA) is 46.5 Å². The first-order valence-electron chi connectivity index (χ1n) is 6.89. The Morgan fingerprint density at radius 2 is 1.95 bits per heavy atom. The normalized spacial score (nSPS) is 11.7. The summed E-state index contributed by atoms with van der Waals surface area (Å²) in [5.74, 6) is 0.266. The van der Waals surface area contributed by atoms with Crippen molar-refractivity contribution in [1.29, 1.82) is 0 Å². The number of hydrogen-bond donors (Lipinski definition) is 1. The maximum Gasteiger partial charge on any atom is 0.337 e. The van der Waals surface area contributed by atoms with E-state index in [4.69, 9.17) is 16.3 Å². The summed E-state index contributed by atoms with van der Waals surface area (Å²) in [5, 5.41) is 9.37. The second-order valence-electron chi connectivity index (χ2n) is 5.24. The predicted octanol–water partition coefficient (Wildman–Crippen LogP) is 5.06.